The second-order valence-electron chi connectivity index (χ2n) is 28.2. The number of nitrogens with zero attached hydrogens (tertiary/aromatic N) is 7. The van der Waals surface area contributed by atoms with E-state index in [1.807, 2.05) is 47.6 Å². The minimum Gasteiger partial charge on any atom is -0.459 e. The van der Waals surface area contributed by atoms with Crippen LogP contribution in [-0.4, -0.2) is 220 Å². The molecule has 1 rings (SSSR count). The molecule has 1 saturated heterocycles. The normalized spacial score (nSPS) is 27.2. The average molecular weight is 1290 g/mol. The third-order valence-electron chi connectivity index (χ3n) is 18.4. The second-order valence-corrected chi connectivity index (χ2v) is 28.2. The van der Waals surface area contributed by atoms with E-state index in [-0.39, 0.29) is 93.7 Å². The number of Topliss-reactive ketones (excluding diaryl/α,β-unsaturated/α-hetero) is 3. The zero-order valence-electron chi connectivity index (χ0n) is 60.3. The molecule has 1 heterocycles. The van der Waals surface area contributed by atoms with Crippen molar-refractivity contribution in [1.82, 2.24) is 39.6 Å². The maximum absolute atomic E-state index is 15.5. The van der Waals surface area contributed by atoms with Crippen LogP contribution in [0.3, 0.4) is 0 Å². The van der Waals surface area contributed by atoms with Crippen molar-refractivity contribution in [2.75, 3.05) is 55.9 Å². The van der Waals surface area contributed by atoms with E-state index >= 15 is 19.2 Å². The Morgan fingerprint density at radius 3 is 1.46 bits per heavy atom. The lowest BCUT2D eigenvalue weighted by Gasteiger charge is -2.42. The van der Waals surface area contributed by atoms with Crippen LogP contribution in [0.15, 0.2) is 12.2 Å². The molecule has 8 amide bonds. The predicted octanol–water partition coefficient (Wildman–Crippen LogP) is 6.86. The van der Waals surface area contributed by atoms with E-state index in [0.29, 0.717) is 6.42 Å². The van der Waals surface area contributed by atoms with Crippen molar-refractivity contribution in [2.24, 2.45) is 59.2 Å². The van der Waals surface area contributed by atoms with Crippen molar-refractivity contribution in [3.63, 3.8) is 0 Å². The van der Waals surface area contributed by atoms with Crippen molar-refractivity contribution in [3.8, 4) is 0 Å². The third kappa shape index (κ3) is 23.2. The van der Waals surface area contributed by atoms with E-state index < -0.39 is 155 Å². The summed E-state index contributed by atoms with van der Waals surface area (Å²) in [6.07, 6.45) is 2.86. The summed E-state index contributed by atoms with van der Waals surface area (Å²) in [5, 5.41) is 12.7. The van der Waals surface area contributed by atoms with E-state index in [2.05, 4.69) is 5.32 Å². The van der Waals surface area contributed by atoms with E-state index in [4.69, 9.17) is 4.74 Å². The third-order valence-corrected chi connectivity index (χ3v) is 18.4. The number of esters is 1. The Morgan fingerprint density at radius 2 is 1.00 bits per heavy atom. The topological polar surface area (TPSA) is 269 Å². The van der Waals surface area contributed by atoms with Crippen LogP contribution < -0.4 is 5.32 Å². The predicted molar refractivity (Wildman–Crippen MR) is 352 cm³/mol. The van der Waals surface area contributed by atoms with Crippen LogP contribution >= 0.6 is 0 Å². The molecule has 0 unspecified atom stereocenters. The van der Waals surface area contributed by atoms with Gasteiger partial charge in [-0.2, -0.15) is 0 Å². The fourth-order valence-corrected chi connectivity index (χ4v) is 12.5. The highest BCUT2D eigenvalue weighted by Crippen LogP contribution is 2.30. The molecule has 0 aliphatic carbocycles. The van der Waals surface area contributed by atoms with Crippen molar-refractivity contribution < 1.29 is 67.4 Å². The quantitative estimate of drug-likeness (QED) is 0.105. The fourth-order valence-electron chi connectivity index (χ4n) is 12.5. The Morgan fingerprint density at radius 1 is 0.538 bits per heavy atom. The highest BCUT2D eigenvalue weighted by atomic mass is 16.5. The Labute approximate surface area is 546 Å². The Kier molecular flexibility index (Phi) is 34.8. The average Bonchev–Trinajstić information content (AvgIpc) is 1.55. The van der Waals surface area contributed by atoms with Crippen LogP contribution in [-0.2, 0) is 62.3 Å². The maximum Gasteiger partial charge on any atom is 0.303 e. The molecule has 1 aliphatic rings. The zero-order valence-corrected chi connectivity index (χ0v) is 60.3. The molecule has 1 aliphatic heterocycles. The molecule has 22 nitrogen and oxygen atoms in total. The van der Waals surface area contributed by atoms with Crippen molar-refractivity contribution >= 4 is 70.6 Å². The first-order valence-corrected chi connectivity index (χ1v) is 33.2. The number of hydrogen-bond donors (Lipinski definition) is 2. The van der Waals surface area contributed by atoms with E-state index in [1.165, 1.54) is 87.7 Å². The van der Waals surface area contributed by atoms with Gasteiger partial charge in [-0.1, -0.05) is 116 Å². The maximum atomic E-state index is 15.5. The molecular formula is C69H120N8O14. The molecule has 0 radical (unpaired) electrons. The van der Waals surface area contributed by atoms with Gasteiger partial charge in [0.25, 0.3) is 0 Å². The number of carbonyl (C=O) groups is 12. The van der Waals surface area contributed by atoms with Gasteiger partial charge in [-0.3, -0.25) is 57.5 Å². The minimum absolute atomic E-state index is 0.0160. The monoisotopic (exact) mass is 1280 g/mol. The van der Waals surface area contributed by atoms with Crippen LogP contribution in [0.25, 0.3) is 0 Å². The first-order valence-electron chi connectivity index (χ1n) is 33.2. The number of carbonyl (C=O) groups excluding carboxylic acids is 12. The van der Waals surface area contributed by atoms with Crippen molar-refractivity contribution in [2.45, 2.75) is 243 Å². The van der Waals surface area contributed by atoms with Gasteiger partial charge in [-0.15, -0.1) is 0 Å². The van der Waals surface area contributed by atoms with Crippen molar-refractivity contribution in [1.29, 1.82) is 0 Å². The standard InChI is InChI=1S/C69H120N8O14/c1-26-28-30-45(14)61(91-49(18)79)60-62(83)70-51(27-2)66(87)71(19)48(17)64(85)76(24)59(44(13)31-29-32-78)57(82)38-50(42(9)10)65(86)72(20)52(33-39(3)4)56(81)36-46(15)55(80)37-47(16)63(84)73(21)53(34-40(5)6)67(88)74(22)54(35-41(7)8)68(89)75(23)58(43(11)12)69(90)77(60)25/h26,28,39-48,50-54,58-61,78H,27,29-38H2,1-25H3,(H,70,83)/b28-26+/t44-,45-,46-,47+,48-,50+,51+,52+,53+,54+,58+,59+,60+,61-/m1/s1. The molecule has 2 N–H and O–H groups in total. The molecule has 0 bridgehead atoms. The SMILES string of the molecule is C/C=C/C[C@@H](C)[C@@H](OC(C)=O)[C@H]1C(=O)N[C@@H](CC)C(=O)N(C)[C@H](C)C(=O)N(C)[C@@H]([C@H](C)CCCO)C(=O)C[C@@H](C(C)C)C(=O)N(C)[C@@H](CC(C)C)C(=O)C[C@@H](C)C(=O)C[C@H](C)C(=O)N(C)[C@@H](CC(C)C)C(=O)N(C)[C@@H](CC(C)C)C(=O)N(C)[C@@H](C(C)C)C(=O)N1C. The van der Waals surface area contributed by atoms with Gasteiger partial charge in [0, 0.05) is 99.9 Å². The Bertz CT molecular complexity index is 2520. The lowest BCUT2D eigenvalue weighted by atomic mass is 9.82. The molecule has 14 atom stereocenters. The van der Waals surface area contributed by atoms with Gasteiger partial charge in [-0.25, -0.2) is 0 Å². The molecule has 22 heteroatoms. The number of aliphatic hydroxyl groups is 1. The van der Waals surface area contributed by atoms with Crippen LogP contribution in [0.1, 0.15) is 189 Å². The molecule has 1 fully saturated rings. The number of allylic oxidation sites excluding steroid dienone is 2. The number of rotatable bonds is 18. The molecule has 0 aromatic rings. The molecule has 520 valence electrons. The first kappa shape index (κ1) is 83.0. The summed E-state index contributed by atoms with van der Waals surface area (Å²) < 4.78 is 5.96. The van der Waals surface area contributed by atoms with Crippen molar-refractivity contribution in [3.05, 3.63) is 12.2 Å². The number of ketones is 3. The highest BCUT2D eigenvalue weighted by molar-refractivity contribution is 6.00. The van der Waals surface area contributed by atoms with E-state index in [1.54, 1.807) is 75.3 Å². The van der Waals surface area contributed by atoms with Gasteiger partial charge in [0.15, 0.2) is 11.6 Å². The van der Waals surface area contributed by atoms with Gasteiger partial charge in [0.1, 0.15) is 48.1 Å². The summed E-state index contributed by atoms with van der Waals surface area (Å²) >= 11 is 0. The van der Waals surface area contributed by atoms with Crippen LogP contribution in [0, 0.1) is 59.2 Å². The lowest BCUT2D eigenvalue weighted by molar-refractivity contribution is -0.164. The van der Waals surface area contributed by atoms with Crippen LogP contribution in [0.2, 0.25) is 0 Å². The summed E-state index contributed by atoms with van der Waals surface area (Å²) in [6.45, 7) is 31.0. The summed E-state index contributed by atoms with van der Waals surface area (Å²) in [6, 6.07) is -9.90. The molecule has 0 aromatic carbocycles. The van der Waals surface area contributed by atoms with Gasteiger partial charge in [0.2, 0.25) is 47.3 Å². The largest absolute Gasteiger partial charge is 0.459 e. The molecular weight excluding hydrogens is 1160 g/mol. The second kappa shape index (κ2) is 38.2. The molecule has 91 heavy (non-hydrogen) atoms. The van der Waals surface area contributed by atoms with Gasteiger partial charge in [-0.05, 0) is 100 Å². The minimum atomic E-state index is -1.62. The number of amides is 8. The van der Waals surface area contributed by atoms with Crippen LogP contribution in [0.5, 0.6) is 0 Å². The molecule has 0 spiro atoms. The molecule has 0 aromatic heterocycles. The number of nitrogens with one attached hydrogen (secondary N) is 1. The van der Waals surface area contributed by atoms with Gasteiger partial charge >= 0.3 is 5.97 Å². The Hall–Kier alpha value is -6.06. The van der Waals surface area contributed by atoms with Crippen LogP contribution in [0.4, 0.5) is 0 Å². The highest BCUT2D eigenvalue weighted by Gasteiger charge is 2.47. The summed E-state index contributed by atoms with van der Waals surface area (Å²) in [4.78, 5) is 186. The summed E-state index contributed by atoms with van der Waals surface area (Å²) in [5.74, 6) is -12.5. The van der Waals surface area contributed by atoms with E-state index in [0.717, 1.165) is 9.80 Å². The Balaban J connectivity index is 4.53. The summed E-state index contributed by atoms with van der Waals surface area (Å²) in [5.41, 5.74) is 0. The number of ether oxygens (including phenoxy) is 1. The molecule has 0 saturated carbocycles. The lowest BCUT2D eigenvalue weighted by Crippen LogP contribution is -2.64. The van der Waals surface area contributed by atoms with E-state index in [9.17, 15) is 43.5 Å². The number of likely N-dealkylation sites (N-methyl/N-ethyl adjacent to an activating group) is 7. The summed E-state index contributed by atoms with van der Waals surface area (Å²) in [7, 11) is 10.1. The van der Waals surface area contributed by atoms with Gasteiger partial charge < -0.3 is 49.5 Å². The first-order chi connectivity index (χ1) is 42.1. The zero-order chi connectivity index (χ0) is 70.5. The number of hydrogen-bond acceptors (Lipinski definition) is 14. The number of aliphatic hydroxyl groups excluding tert-OH is 1. The smallest absolute Gasteiger partial charge is 0.303 e. The fraction of sp³-hybridized carbons (Fsp3) is 0.797. The van der Waals surface area contributed by atoms with Gasteiger partial charge in [0.05, 0.1) is 12.1 Å².